The van der Waals surface area contributed by atoms with E-state index in [0.717, 1.165) is 6.92 Å². The normalized spacial score (nSPS) is 82.4. The van der Waals surface area contributed by atoms with Crippen LogP contribution < -0.4 is 0 Å². The number of hydrogen-bond donors (Lipinski definition) is 0. The van der Waals surface area contributed by atoms with E-state index < -0.39 is 37.8 Å². The van der Waals surface area contributed by atoms with E-state index in [4.69, 9.17) is 13.7 Å². The van der Waals surface area contributed by atoms with Gasteiger partial charge in [-0.25, -0.2) is 0 Å². The Balaban J connectivity index is 3.56. The summed E-state index contributed by atoms with van der Waals surface area (Å²) in [5.41, 5.74) is 0. The van der Waals surface area contributed by atoms with Crippen LogP contribution in [0.4, 0.5) is 0 Å². The molecule has 0 amide bonds. The molecule has 0 radical (unpaired) electrons. The molecule has 42 valence electrons. The Morgan fingerprint density at radius 2 is 1.86 bits per heavy atom. The third-order valence-electron chi connectivity index (χ3n) is 0.702. The molecule has 7 heavy (non-hydrogen) atoms. The molecule has 0 bridgehead atoms. The van der Waals surface area contributed by atoms with Gasteiger partial charge in [-0.15, -0.1) is 0 Å². The summed E-state index contributed by atoms with van der Waals surface area (Å²) in [5, 5.41) is 0. The van der Waals surface area contributed by atoms with Gasteiger partial charge < -0.3 is 0 Å². The fraction of sp³-hybridized carbons (Fsp3) is 1.00. The molecule has 0 N–H and O–H groups in total. The van der Waals surface area contributed by atoms with Crippen molar-refractivity contribution in [2.75, 3.05) is 0 Å². The maximum absolute atomic E-state index is 7.57. The lowest BCUT2D eigenvalue weighted by Crippen LogP contribution is -1.99. The SMILES string of the molecule is [2H]C1([2H])C(C)C([2H])([2H])C([2H])([2H])C([2H])([2H])C1([2H])[2H]. The molecular formula is C7H14. The fourth-order valence-corrected chi connectivity index (χ4v) is 0.356. The molecule has 0 aromatic heterocycles. The fourth-order valence-electron chi connectivity index (χ4n) is 0.356. The second-order valence-corrected chi connectivity index (χ2v) is 1.39. The second-order valence-electron chi connectivity index (χ2n) is 1.39. The zero-order valence-corrected chi connectivity index (χ0v) is 4.08. The van der Waals surface area contributed by atoms with E-state index in [9.17, 15) is 0 Å². The third kappa shape index (κ3) is 1.50. The van der Waals surface area contributed by atoms with Crippen molar-refractivity contribution in [1.29, 1.82) is 0 Å². The zero-order valence-electron chi connectivity index (χ0n) is 14.1. The first kappa shape index (κ1) is 0.872. The van der Waals surface area contributed by atoms with E-state index in [-0.39, 0.29) is 0 Å². The highest BCUT2D eigenvalue weighted by Gasteiger charge is 2.05. The predicted octanol–water partition coefficient (Wildman–Crippen LogP) is 2.59. The lowest BCUT2D eigenvalue weighted by molar-refractivity contribution is 0.385. The summed E-state index contributed by atoms with van der Waals surface area (Å²) in [6.45, 7) is 1.06. The molecule has 0 unspecified atom stereocenters. The van der Waals surface area contributed by atoms with Crippen LogP contribution in [0.25, 0.3) is 0 Å². The molecule has 1 rings (SSSR count). The summed E-state index contributed by atoms with van der Waals surface area (Å²) in [7, 11) is 0. The Morgan fingerprint density at radius 3 is 2.43 bits per heavy atom. The summed E-state index contributed by atoms with van der Waals surface area (Å²) in [6, 6.07) is 0. The first-order valence-electron chi connectivity index (χ1n) is 7.15. The molecule has 1 saturated carbocycles. The smallest absolute Gasteiger partial charge is 0.0269 e. The first-order valence-corrected chi connectivity index (χ1v) is 2.15. The van der Waals surface area contributed by atoms with E-state index in [1.807, 2.05) is 0 Å². The Bertz CT molecular complexity index is 300. The molecule has 0 saturated heterocycles. The van der Waals surface area contributed by atoms with Gasteiger partial charge in [0.25, 0.3) is 0 Å². The van der Waals surface area contributed by atoms with Crippen LogP contribution in [0.3, 0.4) is 0 Å². The van der Waals surface area contributed by atoms with E-state index in [1.165, 1.54) is 0 Å². The maximum atomic E-state index is 7.57. The summed E-state index contributed by atoms with van der Waals surface area (Å²) < 4.78 is 75.2. The van der Waals surface area contributed by atoms with Crippen LogP contribution in [0.15, 0.2) is 0 Å². The monoisotopic (exact) mass is 108 g/mol. The van der Waals surface area contributed by atoms with Crippen LogP contribution in [-0.4, -0.2) is 0 Å². The maximum Gasteiger partial charge on any atom is 0.0269 e. The number of rotatable bonds is 0. The molecule has 0 atom stereocenters. The molecular weight excluding hydrogens is 84.1 g/mol. The topological polar surface area (TPSA) is 0 Å². The minimum atomic E-state index is -3.26. The van der Waals surface area contributed by atoms with Gasteiger partial charge in [0.05, 0.1) is 0 Å². The largest absolute Gasteiger partial charge is 0.0625 e. The van der Waals surface area contributed by atoms with Crippen LogP contribution in [0, 0.1) is 5.92 Å². The summed E-state index contributed by atoms with van der Waals surface area (Å²) in [6.07, 6.45) is -15.1. The van der Waals surface area contributed by atoms with Crippen LogP contribution >= 0.6 is 0 Å². The van der Waals surface area contributed by atoms with Crippen LogP contribution in [0.2, 0.25) is 0 Å². The quantitative estimate of drug-likeness (QED) is 0.447. The third-order valence-corrected chi connectivity index (χ3v) is 0.702. The summed E-state index contributed by atoms with van der Waals surface area (Å²) in [5.74, 6) is -1.61. The first-order chi connectivity index (χ1) is 7.15. The van der Waals surface area contributed by atoms with Gasteiger partial charge in [0.1, 0.15) is 0 Å². The Hall–Kier alpha value is 0. The van der Waals surface area contributed by atoms with Gasteiger partial charge in [-0.05, 0) is 5.92 Å². The van der Waals surface area contributed by atoms with Gasteiger partial charge in [0.15, 0.2) is 0 Å². The van der Waals surface area contributed by atoms with Crippen LogP contribution in [0.5, 0.6) is 0 Å². The molecule has 0 aromatic rings. The zero-order chi connectivity index (χ0) is 14.1. The molecule has 0 aromatic carbocycles. The second kappa shape index (κ2) is 2.34. The highest BCUT2D eigenvalue weighted by atomic mass is 14.1. The van der Waals surface area contributed by atoms with E-state index in [2.05, 4.69) is 0 Å². The van der Waals surface area contributed by atoms with Crippen molar-refractivity contribution < 1.29 is 13.7 Å². The van der Waals surface area contributed by atoms with Crippen molar-refractivity contribution in [2.45, 2.75) is 38.8 Å². The molecule has 1 aliphatic rings. The lowest BCUT2D eigenvalue weighted by Gasteiger charge is -2.15. The van der Waals surface area contributed by atoms with Crippen molar-refractivity contribution in [3.8, 4) is 0 Å². The van der Waals surface area contributed by atoms with E-state index >= 15 is 0 Å². The molecule has 0 heterocycles. The summed E-state index contributed by atoms with van der Waals surface area (Å²) >= 11 is 0. The van der Waals surface area contributed by atoms with E-state index in [0.29, 0.717) is 0 Å². The van der Waals surface area contributed by atoms with E-state index in [1.54, 1.807) is 0 Å². The van der Waals surface area contributed by atoms with Crippen LogP contribution in [0.1, 0.15) is 52.5 Å². The minimum Gasteiger partial charge on any atom is -0.0625 e. The number of hydrogen-bond acceptors (Lipinski definition) is 0. The average Bonchev–Trinajstić information content (AvgIpc) is 2.13. The molecule has 0 heteroatoms. The Morgan fingerprint density at radius 1 is 1.29 bits per heavy atom. The van der Waals surface area contributed by atoms with Gasteiger partial charge in [-0.2, -0.15) is 0 Å². The molecule has 1 fully saturated rings. The van der Waals surface area contributed by atoms with Crippen molar-refractivity contribution in [3.63, 3.8) is 0 Å². The van der Waals surface area contributed by atoms with Gasteiger partial charge in [0, 0.05) is 13.7 Å². The lowest BCUT2D eigenvalue weighted by atomic mass is 9.91. The minimum absolute atomic E-state index is 1.06. The van der Waals surface area contributed by atoms with Crippen LogP contribution in [-0.2, 0) is 0 Å². The molecule has 0 nitrogen and oxygen atoms in total. The molecule has 0 spiro atoms. The van der Waals surface area contributed by atoms with Gasteiger partial charge in [-0.1, -0.05) is 38.8 Å². The average molecular weight is 108 g/mol. The molecule has 0 aliphatic heterocycles. The van der Waals surface area contributed by atoms with Crippen molar-refractivity contribution in [1.82, 2.24) is 0 Å². The highest BCUT2D eigenvalue weighted by molar-refractivity contribution is 4.59. The Labute approximate surface area is 60.0 Å². The molecule has 1 aliphatic carbocycles. The van der Waals surface area contributed by atoms with Crippen molar-refractivity contribution in [3.05, 3.63) is 0 Å². The summed E-state index contributed by atoms with van der Waals surface area (Å²) in [4.78, 5) is 0. The predicted molar refractivity (Wildman–Crippen MR) is 32.2 cm³/mol. The van der Waals surface area contributed by atoms with Gasteiger partial charge >= 0.3 is 0 Å². The van der Waals surface area contributed by atoms with Gasteiger partial charge in [0.2, 0.25) is 0 Å². The Kier molecular flexibility index (Phi) is 0.292. The van der Waals surface area contributed by atoms with Crippen molar-refractivity contribution in [2.24, 2.45) is 5.92 Å². The van der Waals surface area contributed by atoms with Gasteiger partial charge in [-0.3, -0.25) is 0 Å². The van der Waals surface area contributed by atoms with Crippen molar-refractivity contribution >= 4 is 0 Å². The standard InChI is InChI=1S/C7H14/c1-7-5-3-2-4-6-7/h7H,2-6H2,1H3/i2D2,3D2,4D2,5D2,6D2. The highest BCUT2D eigenvalue weighted by Crippen LogP contribution is 2.21.